The van der Waals surface area contributed by atoms with E-state index >= 15 is 0 Å². The zero-order valence-electron chi connectivity index (χ0n) is 8.26. The third-order valence-corrected chi connectivity index (χ3v) is 2.97. The highest BCUT2D eigenvalue weighted by Crippen LogP contribution is 2.19. The van der Waals surface area contributed by atoms with Crippen molar-refractivity contribution in [1.29, 1.82) is 0 Å². The second-order valence-electron chi connectivity index (χ2n) is 2.89. The van der Waals surface area contributed by atoms with Gasteiger partial charge in [0, 0.05) is 10.4 Å². The minimum absolute atomic E-state index is 0.184. The molecule has 70 valence electrons. The van der Waals surface area contributed by atoms with Crippen LogP contribution in [0.4, 0.5) is 0 Å². The number of ketones is 1. The molecular formula is C11H14OS. The molecule has 0 saturated heterocycles. The van der Waals surface area contributed by atoms with Gasteiger partial charge in [-0.1, -0.05) is 13.0 Å². The summed E-state index contributed by atoms with van der Waals surface area (Å²) in [6.45, 7) is 5.91. The Morgan fingerprint density at radius 3 is 2.69 bits per heavy atom. The molecule has 0 aromatic carbocycles. The first-order chi connectivity index (χ1) is 6.20. The van der Waals surface area contributed by atoms with Crippen LogP contribution in [-0.2, 0) is 0 Å². The maximum atomic E-state index is 11.8. The average Bonchev–Trinajstić information content (AvgIpc) is 2.53. The molecular weight excluding hydrogens is 180 g/mol. The van der Waals surface area contributed by atoms with Crippen molar-refractivity contribution in [3.63, 3.8) is 0 Å². The molecule has 0 N–H and O–H groups in total. The molecule has 0 saturated carbocycles. The highest BCUT2D eigenvalue weighted by Gasteiger charge is 2.12. The topological polar surface area (TPSA) is 17.1 Å². The highest BCUT2D eigenvalue weighted by atomic mass is 32.1. The van der Waals surface area contributed by atoms with E-state index in [-0.39, 0.29) is 5.78 Å². The Kier molecular flexibility index (Phi) is 3.43. The lowest BCUT2D eigenvalue weighted by molar-refractivity contribution is 0.103. The van der Waals surface area contributed by atoms with Gasteiger partial charge in [-0.2, -0.15) is 0 Å². The van der Waals surface area contributed by atoms with Crippen LogP contribution in [0.15, 0.2) is 23.1 Å². The van der Waals surface area contributed by atoms with Crippen LogP contribution in [0.25, 0.3) is 0 Å². The molecule has 0 aliphatic heterocycles. The Hall–Kier alpha value is -0.890. The third kappa shape index (κ3) is 2.07. The maximum absolute atomic E-state index is 11.8. The van der Waals surface area contributed by atoms with Gasteiger partial charge in [0.05, 0.1) is 0 Å². The molecule has 0 amide bonds. The van der Waals surface area contributed by atoms with Crippen LogP contribution in [0.3, 0.4) is 0 Å². The molecule has 0 fully saturated rings. The Morgan fingerprint density at radius 2 is 2.31 bits per heavy atom. The number of allylic oxidation sites excluding steroid dienone is 2. The van der Waals surface area contributed by atoms with Crippen LogP contribution >= 0.6 is 11.3 Å². The van der Waals surface area contributed by atoms with Crippen molar-refractivity contribution < 1.29 is 4.79 Å². The fraction of sp³-hybridized carbons (Fsp3) is 0.364. The SMILES string of the molecule is C/C=C(/CC)C(=O)c1ccsc1C. The summed E-state index contributed by atoms with van der Waals surface area (Å²) in [6.07, 6.45) is 2.71. The molecule has 0 aliphatic rings. The van der Waals surface area contributed by atoms with Crippen molar-refractivity contribution in [3.05, 3.63) is 33.5 Å². The van der Waals surface area contributed by atoms with Crippen LogP contribution in [0, 0.1) is 6.92 Å². The summed E-state index contributed by atoms with van der Waals surface area (Å²) in [5.74, 6) is 0.184. The minimum Gasteiger partial charge on any atom is -0.289 e. The number of aryl methyl sites for hydroxylation is 1. The second kappa shape index (κ2) is 4.38. The first-order valence-corrected chi connectivity index (χ1v) is 5.32. The van der Waals surface area contributed by atoms with Crippen LogP contribution in [0.1, 0.15) is 35.5 Å². The number of hydrogen-bond donors (Lipinski definition) is 0. The largest absolute Gasteiger partial charge is 0.289 e. The van der Waals surface area contributed by atoms with E-state index in [2.05, 4.69) is 0 Å². The van der Waals surface area contributed by atoms with E-state index in [9.17, 15) is 4.79 Å². The van der Waals surface area contributed by atoms with Gasteiger partial charge in [-0.25, -0.2) is 0 Å². The van der Waals surface area contributed by atoms with Crippen LogP contribution < -0.4 is 0 Å². The number of thiophene rings is 1. The molecule has 1 nitrogen and oxygen atoms in total. The molecule has 1 rings (SSSR count). The fourth-order valence-corrected chi connectivity index (χ4v) is 1.99. The Labute approximate surface area is 83.1 Å². The van der Waals surface area contributed by atoms with Gasteiger partial charge in [0.25, 0.3) is 0 Å². The Balaban J connectivity index is 2.98. The van der Waals surface area contributed by atoms with E-state index < -0.39 is 0 Å². The van der Waals surface area contributed by atoms with E-state index in [4.69, 9.17) is 0 Å². The zero-order valence-corrected chi connectivity index (χ0v) is 9.07. The number of rotatable bonds is 3. The van der Waals surface area contributed by atoms with E-state index in [0.717, 1.165) is 22.4 Å². The molecule has 13 heavy (non-hydrogen) atoms. The van der Waals surface area contributed by atoms with E-state index in [1.807, 2.05) is 38.3 Å². The summed E-state index contributed by atoms with van der Waals surface area (Å²) >= 11 is 1.62. The number of hydrogen-bond acceptors (Lipinski definition) is 2. The van der Waals surface area contributed by atoms with Crippen LogP contribution in [0.5, 0.6) is 0 Å². The fourth-order valence-electron chi connectivity index (χ4n) is 1.29. The second-order valence-corrected chi connectivity index (χ2v) is 4.01. The first kappa shape index (κ1) is 10.2. The minimum atomic E-state index is 0.184. The number of carbonyl (C=O) groups excluding carboxylic acids is 1. The molecule has 0 atom stereocenters. The van der Waals surface area contributed by atoms with Crippen molar-refractivity contribution in [1.82, 2.24) is 0 Å². The molecule has 0 radical (unpaired) electrons. The molecule has 1 aromatic rings. The number of Topliss-reactive ketones (excluding diaryl/α,β-unsaturated/α-hetero) is 1. The van der Waals surface area contributed by atoms with Crippen molar-refractivity contribution >= 4 is 17.1 Å². The molecule has 1 heterocycles. The van der Waals surface area contributed by atoms with Crippen molar-refractivity contribution in [2.75, 3.05) is 0 Å². The van der Waals surface area contributed by atoms with Gasteiger partial charge in [0.15, 0.2) is 5.78 Å². The van der Waals surface area contributed by atoms with Crippen LogP contribution in [0.2, 0.25) is 0 Å². The summed E-state index contributed by atoms with van der Waals surface area (Å²) in [7, 11) is 0. The predicted molar refractivity (Wildman–Crippen MR) is 57.4 cm³/mol. The lowest BCUT2D eigenvalue weighted by atomic mass is 10.0. The molecule has 0 spiro atoms. The average molecular weight is 194 g/mol. The lowest BCUT2D eigenvalue weighted by Gasteiger charge is -2.01. The molecule has 2 heteroatoms. The number of carbonyl (C=O) groups is 1. The normalized spacial score (nSPS) is 11.8. The van der Waals surface area contributed by atoms with Gasteiger partial charge in [-0.3, -0.25) is 4.79 Å². The molecule has 1 aromatic heterocycles. The van der Waals surface area contributed by atoms with E-state index in [1.54, 1.807) is 11.3 Å². The molecule has 0 unspecified atom stereocenters. The van der Waals surface area contributed by atoms with E-state index in [0.29, 0.717) is 0 Å². The quantitative estimate of drug-likeness (QED) is 0.531. The summed E-state index contributed by atoms with van der Waals surface area (Å²) < 4.78 is 0. The summed E-state index contributed by atoms with van der Waals surface area (Å²) in [4.78, 5) is 12.9. The van der Waals surface area contributed by atoms with Crippen molar-refractivity contribution in [2.24, 2.45) is 0 Å². The predicted octanol–water partition coefficient (Wildman–Crippen LogP) is 3.60. The Morgan fingerprint density at radius 1 is 1.62 bits per heavy atom. The van der Waals surface area contributed by atoms with E-state index in [1.165, 1.54) is 0 Å². The first-order valence-electron chi connectivity index (χ1n) is 4.44. The molecule has 0 aliphatic carbocycles. The summed E-state index contributed by atoms with van der Waals surface area (Å²) in [5, 5.41) is 1.96. The smallest absolute Gasteiger partial charge is 0.189 e. The van der Waals surface area contributed by atoms with Gasteiger partial charge in [-0.05, 0) is 37.3 Å². The summed E-state index contributed by atoms with van der Waals surface area (Å²) in [6, 6.07) is 1.90. The summed E-state index contributed by atoms with van der Waals surface area (Å²) in [5.41, 5.74) is 1.77. The Bertz CT molecular complexity index is 334. The highest BCUT2D eigenvalue weighted by molar-refractivity contribution is 7.10. The lowest BCUT2D eigenvalue weighted by Crippen LogP contribution is -2.02. The maximum Gasteiger partial charge on any atom is 0.189 e. The van der Waals surface area contributed by atoms with Gasteiger partial charge >= 0.3 is 0 Å². The monoisotopic (exact) mass is 194 g/mol. The third-order valence-electron chi connectivity index (χ3n) is 2.12. The van der Waals surface area contributed by atoms with Gasteiger partial charge < -0.3 is 0 Å². The van der Waals surface area contributed by atoms with Crippen molar-refractivity contribution in [3.8, 4) is 0 Å². The van der Waals surface area contributed by atoms with Gasteiger partial charge in [0.2, 0.25) is 0 Å². The zero-order chi connectivity index (χ0) is 9.84. The standard InChI is InChI=1S/C11H14OS/c1-4-9(5-2)11(12)10-6-7-13-8(10)3/h4,6-7H,5H2,1-3H3/b9-4-. The molecule has 0 bridgehead atoms. The van der Waals surface area contributed by atoms with Crippen molar-refractivity contribution in [2.45, 2.75) is 27.2 Å². The van der Waals surface area contributed by atoms with Crippen LogP contribution in [-0.4, -0.2) is 5.78 Å². The van der Waals surface area contributed by atoms with Gasteiger partial charge in [-0.15, -0.1) is 11.3 Å². The van der Waals surface area contributed by atoms with Gasteiger partial charge in [0.1, 0.15) is 0 Å².